The van der Waals surface area contributed by atoms with Gasteiger partial charge in [-0.2, -0.15) is 0 Å². The summed E-state index contributed by atoms with van der Waals surface area (Å²) in [5.41, 5.74) is 0.283. The minimum atomic E-state index is -0.834. The molecule has 10 heteroatoms. The number of anilines is 2. The standard InChI is InChI=1S/C22H11Cl2F2N3O3/c1-2-10-3-11(25)8-27-20(10)14-6-15(23)13(7-17(14)26)22(31)28-12-4-16(24)21-18(5-12)29-19(30)9-32-21/h1,3-8H,9H2,(H,28,31)(H,29,30). The lowest BCUT2D eigenvalue weighted by molar-refractivity contribution is -0.118. The maximum atomic E-state index is 14.8. The van der Waals surface area contributed by atoms with Crippen molar-refractivity contribution in [3.05, 3.63) is 69.3 Å². The zero-order chi connectivity index (χ0) is 23.0. The molecule has 1 aliphatic heterocycles. The fourth-order valence-corrected chi connectivity index (χ4v) is 3.62. The molecule has 0 fully saturated rings. The van der Waals surface area contributed by atoms with Crippen LogP contribution in [0.15, 0.2) is 36.5 Å². The van der Waals surface area contributed by atoms with E-state index in [0.29, 0.717) is 0 Å². The van der Waals surface area contributed by atoms with Crippen LogP contribution in [0.4, 0.5) is 20.2 Å². The van der Waals surface area contributed by atoms with Crippen molar-refractivity contribution in [3.63, 3.8) is 0 Å². The Morgan fingerprint density at radius 3 is 2.72 bits per heavy atom. The second kappa shape index (κ2) is 8.46. The van der Waals surface area contributed by atoms with Crippen LogP contribution in [0.5, 0.6) is 5.75 Å². The first kappa shape index (κ1) is 21.6. The Bertz CT molecular complexity index is 1340. The summed E-state index contributed by atoms with van der Waals surface area (Å²) in [6.07, 6.45) is 6.25. The Hall–Kier alpha value is -3.67. The summed E-state index contributed by atoms with van der Waals surface area (Å²) in [7, 11) is 0. The van der Waals surface area contributed by atoms with E-state index in [1.54, 1.807) is 0 Å². The van der Waals surface area contributed by atoms with E-state index in [4.69, 9.17) is 34.4 Å². The van der Waals surface area contributed by atoms with Crippen LogP contribution in [0.1, 0.15) is 15.9 Å². The molecule has 2 aromatic carbocycles. The van der Waals surface area contributed by atoms with E-state index in [0.717, 1.165) is 18.3 Å². The molecule has 0 spiro atoms. The highest BCUT2D eigenvalue weighted by Crippen LogP contribution is 2.38. The van der Waals surface area contributed by atoms with Crippen molar-refractivity contribution in [2.45, 2.75) is 0 Å². The number of aromatic nitrogens is 1. The molecule has 6 nitrogen and oxygen atoms in total. The summed E-state index contributed by atoms with van der Waals surface area (Å²) in [6.45, 7) is -0.177. The SMILES string of the molecule is C#Cc1cc(F)cnc1-c1cc(Cl)c(C(=O)Nc2cc(Cl)c3c(c2)NC(=O)CO3)cc1F. The normalized spacial score (nSPS) is 12.3. The molecule has 0 radical (unpaired) electrons. The molecule has 2 amide bonds. The van der Waals surface area contributed by atoms with E-state index in [-0.39, 0.29) is 62.1 Å². The number of nitrogens with one attached hydrogen (secondary N) is 2. The number of fused-ring (bicyclic) bond motifs is 1. The zero-order valence-electron chi connectivity index (χ0n) is 15.9. The first-order valence-corrected chi connectivity index (χ1v) is 9.71. The van der Waals surface area contributed by atoms with Gasteiger partial charge in [0.25, 0.3) is 11.8 Å². The van der Waals surface area contributed by atoms with E-state index >= 15 is 0 Å². The number of halogens is 4. The number of rotatable bonds is 3. The third-order valence-corrected chi connectivity index (χ3v) is 5.08. The molecule has 0 aliphatic carbocycles. The predicted octanol–water partition coefficient (Wildman–Crippen LogP) is 4.90. The molecule has 0 bridgehead atoms. The van der Waals surface area contributed by atoms with Gasteiger partial charge in [-0.3, -0.25) is 14.6 Å². The summed E-state index contributed by atoms with van der Waals surface area (Å²) >= 11 is 12.4. The van der Waals surface area contributed by atoms with Crippen molar-refractivity contribution in [1.29, 1.82) is 0 Å². The van der Waals surface area contributed by atoms with Gasteiger partial charge in [-0.1, -0.05) is 29.1 Å². The number of hydrogen-bond acceptors (Lipinski definition) is 4. The number of nitrogens with zero attached hydrogens (tertiary/aromatic N) is 1. The van der Waals surface area contributed by atoms with Crippen molar-refractivity contribution in [1.82, 2.24) is 4.98 Å². The topological polar surface area (TPSA) is 80.3 Å². The Morgan fingerprint density at radius 1 is 1.19 bits per heavy atom. The lowest BCUT2D eigenvalue weighted by atomic mass is 10.0. The van der Waals surface area contributed by atoms with Gasteiger partial charge < -0.3 is 15.4 Å². The molecule has 2 heterocycles. The highest BCUT2D eigenvalue weighted by atomic mass is 35.5. The molecule has 1 aliphatic rings. The summed E-state index contributed by atoms with van der Waals surface area (Å²) in [4.78, 5) is 28.1. The molecular formula is C22H11Cl2F2N3O3. The van der Waals surface area contributed by atoms with Gasteiger partial charge >= 0.3 is 0 Å². The van der Waals surface area contributed by atoms with Crippen LogP contribution in [0, 0.1) is 24.0 Å². The number of terminal acetylenes is 1. The van der Waals surface area contributed by atoms with E-state index in [9.17, 15) is 18.4 Å². The summed E-state index contributed by atoms with van der Waals surface area (Å²) < 4.78 is 33.5. The van der Waals surface area contributed by atoms with Gasteiger partial charge in [0.2, 0.25) is 0 Å². The molecule has 2 N–H and O–H groups in total. The van der Waals surface area contributed by atoms with E-state index in [1.807, 2.05) is 0 Å². The maximum Gasteiger partial charge on any atom is 0.262 e. The van der Waals surface area contributed by atoms with Gasteiger partial charge in [0.05, 0.1) is 38.8 Å². The number of hydrogen-bond donors (Lipinski definition) is 2. The van der Waals surface area contributed by atoms with Crippen molar-refractivity contribution in [2.24, 2.45) is 0 Å². The minimum absolute atomic E-state index is 0.0115. The minimum Gasteiger partial charge on any atom is -0.480 e. The fraction of sp³-hybridized carbons (Fsp3) is 0.0455. The average Bonchev–Trinajstić information content (AvgIpc) is 2.74. The first-order chi connectivity index (χ1) is 15.3. The highest BCUT2D eigenvalue weighted by Gasteiger charge is 2.22. The van der Waals surface area contributed by atoms with Crippen LogP contribution >= 0.6 is 23.2 Å². The lowest BCUT2D eigenvalue weighted by Gasteiger charge is -2.20. The van der Waals surface area contributed by atoms with Crippen LogP contribution in [-0.4, -0.2) is 23.4 Å². The number of benzene rings is 2. The Morgan fingerprint density at radius 2 is 1.97 bits per heavy atom. The molecule has 0 saturated carbocycles. The van der Waals surface area contributed by atoms with E-state index in [2.05, 4.69) is 21.5 Å². The molecule has 0 unspecified atom stereocenters. The smallest absolute Gasteiger partial charge is 0.262 e. The van der Waals surface area contributed by atoms with Crippen molar-refractivity contribution in [3.8, 4) is 29.4 Å². The molecule has 3 aromatic rings. The van der Waals surface area contributed by atoms with Crippen LogP contribution in [-0.2, 0) is 4.79 Å². The maximum absolute atomic E-state index is 14.8. The fourth-order valence-electron chi connectivity index (χ4n) is 3.09. The summed E-state index contributed by atoms with van der Waals surface area (Å²) in [6, 6.07) is 6.00. The van der Waals surface area contributed by atoms with Crippen LogP contribution in [0.2, 0.25) is 10.0 Å². The van der Waals surface area contributed by atoms with Crippen LogP contribution in [0.25, 0.3) is 11.3 Å². The Labute approximate surface area is 190 Å². The first-order valence-electron chi connectivity index (χ1n) is 8.96. The second-order valence-electron chi connectivity index (χ2n) is 6.63. The van der Waals surface area contributed by atoms with Crippen molar-refractivity contribution < 1.29 is 23.1 Å². The summed E-state index contributed by atoms with van der Waals surface area (Å²) in [5, 5.41) is 5.19. The zero-order valence-corrected chi connectivity index (χ0v) is 17.4. The molecule has 0 atom stereocenters. The number of carbonyl (C=O) groups excluding carboxylic acids is 2. The molecule has 1 aromatic heterocycles. The summed E-state index contributed by atoms with van der Waals surface area (Å²) in [5.74, 6) is -0.102. The van der Waals surface area contributed by atoms with E-state index in [1.165, 1.54) is 18.2 Å². The molecule has 160 valence electrons. The van der Waals surface area contributed by atoms with Gasteiger partial charge in [0.1, 0.15) is 11.6 Å². The third kappa shape index (κ3) is 4.08. The van der Waals surface area contributed by atoms with E-state index < -0.39 is 17.5 Å². The molecule has 0 saturated heterocycles. The molecule has 32 heavy (non-hydrogen) atoms. The Kier molecular flexibility index (Phi) is 5.70. The molecular weight excluding hydrogens is 463 g/mol. The van der Waals surface area contributed by atoms with Gasteiger partial charge in [0.15, 0.2) is 12.4 Å². The van der Waals surface area contributed by atoms with Gasteiger partial charge in [-0.15, -0.1) is 6.42 Å². The van der Waals surface area contributed by atoms with Gasteiger partial charge in [-0.25, -0.2) is 8.78 Å². The quantitative estimate of drug-likeness (QED) is 0.530. The number of ether oxygens (including phenoxy) is 1. The van der Waals surface area contributed by atoms with Crippen LogP contribution < -0.4 is 15.4 Å². The van der Waals surface area contributed by atoms with Crippen molar-refractivity contribution >= 4 is 46.4 Å². The van der Waals surface area contributed by atoms with Gasteiger partial charge in [0, 0.05) is 11.3 Å². The predicted molar refractivity (Wildman–Crippen MR) is 116 cm³/mol. The number of pyridine rings is 1. The average molecular weight is 474 g/mol. The third-order valence-electron chi connectivity index (χ3n) is 4.49. The van der Waals surface area contributed by atoms with Crippen LogP contribution in [0.3, 0.4) is 0 Å². The highest BCUT2D eigenvalue weighted by molar-refractivity contribution is 6.35. The second-order valence-corrected chi connectivity index (χ2v) is 7.45. The monoisotopic (exact) mass is 473 g/mol. The van der Waals surface area contributed by atoms with Crippen molar-refractivity contribution in [2.75, 3.05) is 17.2 Å². The number of carbonyl (C=O) groups is 2. The Balaban J connectivity index is 1.66. The lowest BCUT2D eigenvalue weighted by Crippen LogP contribution is -2.25. The molecule has 4 rings (SSSR count). The number of amides is 2. The largest absolute Gasteiger partial charge is 0.480 e. The van der Waals surface area contributed by atoms with Gasteiger partial charge in [-0.05, 0) is 30.3 Å².